The van der Waals surface area contributed by atoms with Gasteiger partial charge in [0.05, 0.1) is 0 Å². The Kier molecular flexibility index (Phi) is 3.37. The van der Waals surface area contributed by atoms with Gasteiger partial charge in [-0.1, -0.05) is 19.0 Å². The highest BCUT2D eigenvalue weighted by Crippen LogP contribution is 2.25. The summed E-state index contributed by atoms with van der Waals surface area (Å²) in [7, 11) is 0. The molecule has 0 aliphatic heterocycles. The molecule has 0 saturated heterocycles. The minimum Gasteiger partial charge on any atom is -0.440 e. The van der Waals surface area contributed by atoms with Crippen LogP contribution < -0.4 is 5.32 Å². The summed E-state index contributed by atoms with van der Waals surface area (Å²) in [5, 5.41) is 7.12. The lowest BCUT2D eigenvalue weighted by molar-refractivity contribution is 0.364. The van der Waals surface area contributed by atoms with Crippen LogP contribution in [0.25, 0.3) is 11.1 Å². The van der Waals surface area contributed by atoms with Gasteiger partial charge in [0.1, 0.15) is 11.6 Å². The SMILES string of the molecule is Cc1noc(C(C)Nc2ccc3oc(C(C)C)nc3c2)n1. The molecular formula is C15H18N4O2. The van der Waals surface area contributed by atoms with Gasteiger partial charge in [-0.2, -0.15) is 4.98 Å². The molecule has 2 aromatic heterocycles. The maximum absolute atomic E-state index is 5.70. The van der Waals surface area contributed by atoms with Crippen LogP contribution in [0.5, 0.6) is 0 Å². The second kappa shape index (κ2) is 5.20. The topological polar surface area (TPSA) is 77.0 Å². The van der Waals surface area contributed by atoms with Crippen LogP contribution in [0.1, 0.15) is 50.3 Å². The highest BCUT2D eigenvalue weighted by molar-refractivity contribution is 5.77. The minimum atomic E-state index is -0.0693. The molecule has 1 unspecified atom stereocenters. The number of aromatic nitrogens is 3. The lowest BCUT2D eigenvalue weighted by atomic mass is 10.2. The Morgan fingerprint density at radius 3 is 2.57 bits per heavy atom. The van der Waals surface area contributed by atoms with Gasteiger partial charge >= 0.3 is 0 Å². The van der Waals surface area contributed by atoms with Gasteiger partial charge in [0, 0.05) is 11.6 Å². The third-order valence-electron chi connectivity index (χ3n) is 3.19. The summed E-state index contributed by atoms with van der Waals surface area (Å²) < 4.78 is 10.9. The molecule has 3 rings (SSSR count). The normalized spacial score (nSPS) is 13.0. The lowest BCUT2D eigenvalue weighted by Crippen LogP contribution is -2.06. The molecule has 1 N–H and O–H groups in total. The van der Waals surface area contributed by atoms with Crippen LogP contribution in [-0.2, 0) is 0 Å². The van der Waals surface area contributed by atoms with E-state index < -0.39 is 0 Å². The number of hydrogen-bond acceptors (Lipinski definition) is 6. The predicted molar refractivity (Wildman–Crippen MR) is 79.2 cm³/mol. The van der Waals surface area contributed by atoms with Crippen LogP contribution in [0.15, 0.2) is 27.1 Å². The summed E-state index contributed by atoms with van der Waals surface area (Å²) in [4.78, 5) is 8.72. The van der Waals surface area contributed by atoms with Gasteiger partial charge < -0.3 is 14.3 Å². The first-order valence-electron chi connectivity index (χ1n) is 7.00. The molecule has 1 atom stereocenters. The molecular weight excluding hydrogens is 268 g/mol. The van der Waals surface area contributed by atoms with Gasteiger partial charge in [0.2, 0.25) is 5.89 Å². The second-order valence-electron chi connectivity index (χ2n) is 5.44. The fraction of sp³-hybridized carbons (Fsp3) is 0.400. The average molecular weight is 286 g/mol. The lowest BCUT2D eigenvalue weighted by Gasteiger charge is -2.10. The van der Waals surface area contributed by atoms with Gasteiger partial charge in [0.25, 0.3) is 0 Å². The van der Waals surface area contributed by atoms with E-state index in [-0.39, 0.29) is 12.0 Å². The van der Waals surface area contributed by atoms with Gasteiger partial charge in [-0.25, -0.2) is 4.98 Å². The molecule has 6 heteroatoms. The number of rotatable bonds is 4. The van der Waals surface area contributed by atoms with E-state index in [1.54, 1.807) is 6.92 Å². The number of nitrogens with one attached hydrogen (secondary N) is 1. The summed E-state index contributed by atoms with van der Waals surface area (Å²) >= 11 is 0. The minimum absolute atomic E-state index is 0.0693. The summed E-state index contributed by atoms with van der Waals surface area (Å²) in [5.74, 6) is 2.22. The Bertz CT molecular complexity index is 760. The average Bonchev–Trinajstić information content (AvgIpc) is 3.04. The molecule has 1 aromatic carbocycles. The number of oxazole rings is 1. The van der Waals surface area contributed by atoms with E-state index in [0.29, 0.717) is 11.7 Å². The number of anilines is 1. The van der Waals surface area contributed by atoms with Crippen LogP contribution >= 0.6 is 0 Å². The highest BCUT2D eigenvalue weighted by atomic mass is 16.5. The number of hydrogen-bond donors (Lipinski definition) is 1. The van der Waals surface area contributed by atoms with Crippen molar-refractivity contribution in [2.75, 3.05) is 5.32 Å². The molecule has 0 bridgehead atoms. The van der Waals surface area contributed by atoms with E-state index in [0.717, 1.165) is 22.7 Å². The van der Waals surface area contributed by atoms with Crippen molar-refractivity contribution in [3.8, 4) is 0 Å². The van der Waals surface area contributed by atoms with Crippen molar-refractivity contribution in [3.63, 3.8) is 0 Å². The van der Waals surface area contributed by atoms with Crippen LogP contribution in [0.4, 0.5) is 5.69 Å². The van der Waals surface area contributed by atoms with Crippen molar-refractivity contribution >= 4 is 16.8 Å². The Morgan fingerprint density at radius 2 is 1.90 bits per heavy atom. The maximum Gasteiger partial charge on any atom is 0.248 e. The number of benzene rings is 1. The fourth-order valence-electron chi connectivity index (χ4n) is 2.08. The number of nitrogens with zero attached hydrogens (tertiary/aromatic N) is 3. The van der Waals surface area contributed by atoms with Gasteiger partial charge in [-0.15, -0.1) is 0 Å². The Morgan fingerprint density at radius 1 is 1.10 bits per heavy atom. The quantitative estimate of drug-likeness (QED) is 0.785. The van der Waals surface area contributed by atoms with E-state index in [9.17, 15) is 0 Å². The van der Waals surface area contributed by atoms with Crippen LogP contribution in [0.2, 0.25) is 0 Å². The van der Waals surface area contributed by atoms with Gasteiger partial charge in [-0.05, 0) is 32.0 Å². The third-order valence-corrected chi connectivity index (χ3v) is 3.19. The summed E-state index contributed by atoms with van der Waals surface area (Å²) in [5.41, 5.74) is 2.58. The smallest absolute Gasteiger partial charge is 0.248 e. The molecule has 0 amide bonds. The van der Waals surface area contributed by atoms with Gasteiger partial charge in [-0.3, -0.25) is 0 Å². The van der Waals surface area contributed by atoms with E-state index in [4.69, 9.17) is 8.94 Å². The van der Waals surface area contributed by atoms with E-state index in [1.165, 1.54) is 0 Å². The molecule has 0 aliphatic rings. The zero-order valence-corrected chi connectivity index (χ0v) is 12.5. The van der Waals surface area contributed by atoms with E-state index in [2.05, 4.69) is 34.3 Å². The van der Waals surface area contributed by atoms with E-state index >= 15 is 0 Å². The first-order valence-corrected chi connectivity index (χ1v) is 7.00. The Hall–Kier alpha value is -2.37. The molecule has 0 aliphatic carbocycles. The summed E-state index contributed by atoms with van der Waals surface area (Å²) in [6.45, 7) is 7.89. The second-order valence-corrected chi connectivity index (χ2v) is 5.44. The molecule has 21 heavy (non-hydrogen) atoms. The zero-order valence-electron chi connectivity index (χ0n) is 12.5. The molecule has 0 fully saturated rings. The van der Waals surface area contributed by atoms with Crippen molar-refractivity contribution in [3.05, 3.63) is 35.8 Å². The molecule has 2 heterocycles. The van der Waals surface area contributed by atoms with Crippen molar-refractivity contribution < 1.29 is 8.94 Å². The zero-order chi connectivity index (χ0) is 15.0. The Balaban J connectivity index is 1.83. The van der Waals surface area contributed by atoms with Crippen LogP contribution in [0, 0.1) is 6.92 Å². The van der Waals surface area contributed by atoms with Gasteiger partial charge in [0.15, 0.2) is 17.3 Å². The van der Waals surface area contributed by atoms with Crippen molar-refractivity contribution in [2.45, 2.75) is 39.7 Å². The van der Waals surface area contributed by atoms with Crippen molar-refractivity contribution in [1.29, 1.82) is 0 Å². The molecule has 110 valence electrons. The van der Waals surface area contributed by atoms with Crippen molar-refractivity contribution in [1.82, 2.24) is 15.1 Å². The first-order chi connectivity index (χ1) is 10.0. The van der Waals surface area contributed by atoms with Crippen molar-refractivity contribution in [2.24, 2.45) is 0 Å². The summed E-state index contributed by atoms with van der Waals surface area (Å²) in [6, 6.07) is 5.77. The number of aryl methyl sites for hydroxylation is 1. The third kappa shape index (κ3) is 2.74. The van der Waals surface area contributed by atoms with E-state index in [1.807, 2.05) is 25.1 Å². The fourth-order valence-corrected chi connectivity index (χ4v) is 2.08. The largest absolute Gasteiger partial charge is 0.440 e. The molecule has 6 nitrogen and oxygen atoms in total. The Labute approximate surface area is 122 Å². The molecule has 3 aromatic rings. The summed E-state index contributed by atoms with van der Waals surface area (Å²) in [6.07, 6.45) is 0. The predicted octanol–water partition coefficient (Wildman–Crippen LogP) is 3.82. The maximum atomic E-state index is 5.70. The first kappa shape index (κ1) is 13.6. The highest BCUT2D eigenvalue weighted by Gasteiger charge is 2.14. The number of fused-ring (bicyclic) bond motifs is 1. The monoisotopic (exact) mass is 286 g/mol. The van der Waals surface area contributed by atoms with Crippen LogP contribution in [-0.4, -0.2) is 15.1 Å². The van der Waals surface area contributed by atoms with Crippen LogP contribution in [0.3, 0.4) is 0 Å². The molecule has 0 saturated carbocycles. The molecule has 0 spiro atoms. The standard InChI is InChI=1S/C15H18N4O2/c1-8(2)14-18-12-7-11(5-6-13(12)20-14)16-9(3)15-17-10(4)19-21-15/h5-9,16H,1-4H3. The molecule has 0 radical (unpaired) electrons.